The Hall–Kier alpha value is -0.400. The molecule has 2 aliphatic rings. The van der Waals surface area contributed by atoms with Crippen molar-refractivity contribution in [2.75, 3.05) is 24.2 Å². The molecule has 0 spiro atoms. The van der Waals surface area contributed by atoms with Gasteiger partial charge in [-0.3, -0.25) is 4.79 Å². The summed E-state index contributed by atoms with van der Waals surface area (Å²) in [6.07, 6.45) is 0.751. The van der Waals surface area contributed by atoms with E-state index in [4.69, 9.17) is 16.9 Å². The maximum absolute atomic E-state index is 12.6. The van der Waals surface area contributed by atoms with Crippen molar-refractivity contribution < 1.29 is 4.79 Å². The van der Waals surface area contributed by atoms with E-state index < -0.39 is 0 Å². The molecule has 5 nitrogen and oxygen atoms in total. The molecular weight excluding hydrogens is 482 g/mol. The first-order valence-corrected chi connectivity index (χ1v) is 10.0. The highest BCUT2D eigenvalue weighted by molar-refractivity contribution is 14.1. The Morgan fingerprint density at radius 3 is 2.96 bits per heavy atom. The van der Waals surface area contributed by atoms with E-state index in [1.165, 1.54) is 0 Å². The number of nitriles is 1. The van der Waals surface area contributed by atoms with Gasteiger partial charge in [-0.2, -0.15) is 5.26 Å². The molecule has 2 aliphatic heterocycles. The molecule has 1 aromatic rings. The first-order chi connectivity index (χ1) is 11.1. The number of rotatable bonds is 3. The lowest BCUT2D eigenvalue weighted by Crippen LogP contribution is -2.44. The number of hydrogen-bond acceptors (Lipinski definition) is 5. The molecule has 1 unspecified atom stereocenters. The standard InChI is InChI=1S/C15H16ClIN4OS.ClH/c16-12-5-10(2-1-9(12)7-18)20-11-6-13(19-8-11)14(22)21-3-4-23-15(21)17;/h1-2,5,11,13,15,19-20H,3-4,6,8H2;1H/t11-,13-,15?;/m0./s1. The lowest BCUT2D eigenvalue weighted by Gasteiger charge is -2.23. The zero-order valence-corrected chi connectivity index (χ0v) is 17.2. The quantitative estimate of drug-likeness (QED) is 0.381. The molecule has 0 radical (unpaired) electrons. The van der Waals surface area contributed by atoms with Gasteiger partial charge in [-0.25, -0.2) is 0 Å². The van der Waals surface area contributed by atoms with Crippen LogP contribution in [0, 0.1) is 11.3 Å². The van der Waals surface area contributed by atoms with E-state index in [2.05, 4.69) is 33.2 Å². The van der Waals surface area contributed by atoms with E-state index in [1.54, 1.807) is 12.1 Å². The number of nitrogens with one attached hydrogen (secondary N) is 2. The summed E-state index contributed by atoms with van der Waals surface area (Å²) >= 11 is 10.2. The molecule has 2 saturated heterocycles. The summed E-state index contributed by atoms with van der Waals surface area (Å²) < 4.78 is 0.242. The SMILES string of the molecule is Cl.N#Cc1ccc(N[C@@H]2CN[C@H](C(=O)N3CCSC3I)C2)cc1Cl. The molecule has 1 aromatic carbocycles. The Labute approximate surface area is 170 Å². The van der Waals surface area contributed by atoms with Gasteiger partial charge in [0.15, 0.2) is 0 Å². The van der Waals surface area contributed by atoms with Gasteiger partial charge in [0.1, 0.15) is 9.45 Å². The molecule has 0 aliphatic carbocycles. The average Bonchev–Trinajstić information content (AvgIpc) is 3.16. The first-order valence-electron chi connectivity index (χ1n) is 7.34. The van der Waals surface area contributed by atoms with Gasteiger partial charge >= 0.3 is 0 Å². The summed E-state index contributed by atoms with van der Waals surface area (Å²) in [4.78, 5) is 14.5. The summed E-state index contributed by atoms with van der Waals surface area (Å²) in [7, 11) is 0. The fraction of sp³-hybridized carbons (Fsp3) is 0.467. The molecule has 2 fully saturated rings. The number of amides is 1. The Morgan fingerprint density at radius 1 is 1.54 bits per heavy atom. The highest BCUT2D eigenvalue weighted by Gasteiger charge is 2.36. The molecule has 3 rings (SSSR count). The summed E-state index contributed by atoms with van der Waals surface area (Å²) in [6, 6.07) is 7.41. The Balaban J connectivity index is 0.00000208. The van der Waals surface area contributed by atoms with Gasteiger partial charge in [0.05, 0.1) is 16.6 Å². The van der Waals surface area contributed by atoms with Gasteiger partial charge in [-0.15, -0.1) is 24.2 Å². The number of carbonyl (C=O) groups excluding carboxylic acids is 1. The van der Waals surface area contributed by atoms with E-state index in [0.29, 0.717) is 10.6 Å². The summed E-state index contributed by atoms with van der Waals surface area (Å²) in [5.41, 5.74) is 1.34. The normalized spacial score (nSPS) is 25.9. The minimum atomic E-state index is -0.127. The second-order valence-corrected chi connectivity index (χ2v) is 9.16. The topological polar surface area (TPSA) is 68.2 Å². The molecule has 0 aromatic heterocycles. The van der Waals surface area contributed by atoms with E-state index in [0.717, 1.165) is 31.0 Å². The third-order valence-electron chi connectivity index (χ3n) is 4.00. The molecule has 1 amide bonds. The molecule has 0 saturated carbocycles. The number of benzene rings is 1. The Morgan fingerprint density at radius 2 is 2.33 bits per heavy atom. The van der Waals surface area contributed by atoms with Crippen molar-refractivity contribution in [3.05, 3.63) is 28.8 Å². The molecule has 3 atom stereocenters. The summed E-state index contributed by atoms with van der Waals surface area (Å²) in [5.74, 6) is 1.20. The molecular formula is C15H17Cl2IN4OS. The number of alkyl halides is 1. The highest BCUT2D eigenvalue weighted by Crippen LogP contribution is 2.30. The van der Waals surface area contributed by atoms with Crippen LogP contribution in [0.1, 0.15) is 12.0 Å². The van der Waals surface area contributed by atoms with Crippen LogP contribution in [0.15, 0.2) is 18.2 Å². The number of carbonyl (C=O) groups is 1. The fourth-order valence-corrected chi connectivity index (χ4v) is 5.24. The highest BCUT2D eigenvalue weighted by atomic mass is 127. The van der Waals surface area contributed by atoms with Gasteiger partial charge in [0, 0.05) is 30.6 Å². The first kappa shape index (κ1) is 19.9. The molecule has 0 bridgehead atoms. The van der Waals surface area contributed by atoms with Crippen LogP contribution in [-0.4, -0.2) is 45.1 Å². The largest absolute Gasteiger partial charge is 0.381 e. The molecule has 2 heterocycles. The lowest BCUT2D eigenvalue weighted by atomic mass is 10.1. The van der Waals surface area contributed by atoms with Gasteiger partial charge in [-0.1, -0.05) is 11.6 Å². The summed E-state index contributed by atoms with van der Waals surface area (Å²) in [6.45, 7) is 1.57. The van der Waals surface area contributed by atoms with Crippen LogP contribution in [0.25, 0.3) is 0 Å². The van der Waals surface area contributed by atoms with Gasteiger partial charge in [0.2, 0.25) is 5.91 Å². The van der Waals surface area contributed by atoms with Crippen molar-refractivity contribution in [2.45, 2.75) is 21.9 Å². The average molecular weight is 499 g/mol. The minimum Gasteiger partial charge on any atom is -0.381 e. The van der Waals surface area contributed by atoms with Crippen molar-refractivity contribution >= 4 is 70.0 Å². The van der Waals surface area contributed by atoms with Gasteiger partial charge in [0.25, 0.3) is 0 Å². The second kappa shape index (κ2) is 8.81. The van der Waals surface area contributed by atoms with Crippen LogP contribution < -0.4 is 10.6 Å². The Bertz CT molecular complexity index is 657. The zero-order chi connectivity index (χ0) is 16.4. The minimum absolute atomic E-state index is 0. The van der Waals surface area contributed by atoms with Crippen LogP contribution in [0.3, 0.4) is 0 Å². The van der Waals surface area contributed by atoms with Crippen molar-refractivity contribution in [3.8, 4) is 6.07 Å². The maximum Gasteiger partial charge on any atom is 0.241 e. The predicted octanol–water partition coefficient (Wildman–Crippen LogP) is 3.07. The zero-order valence-electron chi connectivity index (χ0n) is 12.7. The smallest absolute Gasteiger partial charge is 0.241 e. The maximum atomic E-state index is 12.6. The van der Waals surface area contributed by atoms with E-state index in [1.807, 2.05) is 28.8 Å². The third kappa shape index (κ3) is 4.41. The molecule has 2 N–H and O–H groups in total. The molecule has 24 heavy (non-hydrogen) atoms. The van der Waals surface area contributed by atoms with E-state index >= 15 is 0 Å². The van der Waals surface area contributed by atoms with E-state index in [9.17, 15) is 4.79 Å². The van der Waals surface area contributed by atoms with Gasteiger partial charge < -0.3 is 15.5 Å². The summed E-state index contributed by atoms with van der Waals surface area (Å²) in [5, 5.41) is 16.0. The number of thioether (sulfide) groups is 1. The van der Waals surface area contributed by atoms with Crippen LogP contribution in [0.4, 0.5) is 5.69 Å². The van der Waals surface area contributed by atoms with Crippen molar-refractivity contribution in [1.82, 2.24) is 10.2 Å². The number of hydrogen-bond donors (Lipinski definition) is 2. The van der Waals surface area contributed by atoms with Crippen LogP contribution in [0.2, 0.25) is 5.02 Å². The van der Waals surface area contributed by atoms with Crippen molar-refractivity contribution in [1.29, 1.82) is 5.26 Å². The lowest BCUT2D eigenvalue weighted by molar-refractivity contribution is -0.131. The number of nitrogens with zero attached hydrogens (tertiary/aromatic N) is 2. The Kier molecular flexibility index (Phi) is 7.31. The van der Waals surface area contributed by atoms with Crippen molar-refractivity contribution in [2.24, 2.45) is 0 Å². The van der Waals surface area contributed by atoms with E-state index in [-0.39, 0.29) is 33.8 Å². The van der Waals surface area contributed by atoms with Crippen LogP contribution >= 0.6 is 58.4 Å². The van der Waals surface area contributed by atoms with Crippen LogP contribution in [-0.2, 0) is 4.79 Å². The molecule has 130 valence electrons. The van der Waals surface area contributed by atoms with Crippen molar-refractivity contribution in [3.63, 3.8) is 0 Å². The number of anilines is 1. The third-order valence-corrected chi connectivity index (χ3v) is 7.02. The fourth-order valence-electron chi connectivity index (χ4n) is 2.82. The second-order valence-electron chi connectivity index (χ2n) is 5.54. The number of halogens is 3. The molecule has 9 heteroatoms. The predicted molar refractivity (Wildman–Crippen MR) is 109 cm³/mol. The monoisotopic (exact) mass is 498 g/mol. The van der Waals surface area contributed by atoms with Crippen LogP contribution in [0.5, 0.6) is 0 Å². The van der Waals surface area contributed by atoms with Gasteiger partial charge in [-0.05, 0) is 47.2 Å².